The van der Waals surface area contributed by atoms with Crippen molar-refractivity contribution in [2.24, 2.45) is 5.92 Å². The molecule has 2 fully saturated rings. The summed E-state index contributed by atoms with van der Waals surface area (Å²) in [6.07, 6.45) is 4.00. The van der Waals surface area contributed by atoms with Gasteiger partial charge in [-0.3, -0.25) is 4.79 Å². The first-order chi connectivity index (χ1) is 13.1. The van der Waals surface area contributed by atoms with Crippen LogP contribution in [0.1, 0.15) is 44.1 Å². The van der Waals surface area contributed by atoms with Crippen molar-refractivity contribution in [3.05, 3.63) is 29.8 Å². The van der Waals surface area contributed by atoms with E-state index in [4.69, 9.17) is 4.74 Å². The molecule has 0 bridgehead atoms. The fourth-order valence-corrected chi connectivity index (χ4v) is 4.26. The molecule has 1 N–H and O–H groups in total. The Morgan fingerprint density at radius 1 is 1.11 bits per heavy atom. The second kappa shape index (κ2) is 9.11. The van der Waals surface area contributed by atoms with Crippen LogP contribution in [0.25, 0.3) is 0 Å². The lowest BCUT2D eigenvalue weighted by molar-refractivity contribution is -0.130. The predicted molar refractivity (Wildman–Crippen MR) is 105 cm³/mol. The number of likely N-dealkylation sites (tertiary alicyclic amines) is 2. The van der Waals surface area contributed by atoms with Crippen LogP contribution in [0, 0.1) is 5.92 Å². The molecule has 2 saturated heterocycles. The molecule has 6 heteroatoms. The third kappa shape index (κ3) is 4.93. The van der Waals surface area contributed by atoms with E-state index in [1.165, 1.54) is 5.56 Å². The molecule has 6 nitrogen and oxygen atoms in total. The summed E-state index contributed by atoms with van der Waals surface area (Å²) in [5.74, 6) is 1.86. The minimum Gasteiger partial charge on any atom is -0.496 e. The molecule has 3 amide bonds. The van der Waals surface area contributed by atoms with Crippen LogP contribution < -0.4 is 10.1 Å². The Kier molecular flexibility index (Phi) is 6.58. The number of carbonyl (C=O) groups excluding carboxylic acids is 2. The monoisotopic (exact) mass is 373 g/mol. The maximum absolute atomic E-state index is 12.5. The second-order valence-corrected chi connectivity index (χ2v) is 7.66. The maximum Gasteiger partial charge on any atom is 0.317 e. The number of piperidine rings is 2. The van der Waals surface area contributed by atoms with Gasteiger partial charge < -0.3 is 19.9 Å². The predicted octanol–water partition coefficient (Wildman–Crippen LogP) is 2.84. The van der Waals surface area contributed by atoms with Crippen molar-refractivity contribution in [3.63, 3.8) is 0 Å². The topological polar surface area (TPSA) is 61.9 Å². The zero-order chi connectivity index (χ0) is 19.2. The third-order valence-corrected chi connectivity index (χ3v) is 5.87. The Balaban J connectivity index is 1.45. The number of nitrogens with one attached hydrogen (secondary N) is 1. The Morgan fingerprint density at radius 2 is 1.85 bits per heavy atom. The Morgan fingerprint density at radius 3 is 2.56 bits per heavy atom. The molecule has 0 spiro atoms. The van der Waals surface area contributed by atoms with Crippen LogP contribution in [0.4, 0.5) is 4.79 Å². The molecular weight excluding hydrogens is 342 g/mol. The van der Waals surface area contributed by atoms with Crippen molar-refractivity contribution in [2.75, 3.05) is 39.8 Å². The third-order valence-electron chi connectivity index (χ3n) is 5.87. The number of rotatable bonds is 4. The molecule has 0 aromatic heterocycles. The smallest absolute Gasteiger partial charge is 0.317 e. The van der Waals surface area contributed by atoms with E-state index in [1.54, 1.807) is 14.0 Å². The maximum atomic E-state index is 12.5. The number of hydrogen-bond donors (Lipinski definition) is 1. The molecule has 27 heavy (non-hydrogen) atoms. The van der Waals surface area contributed by atoms with Gasteiger partial charge in [-0.05, 0) is 49.1 Å². The molecular formula is C21H31N3O3. The van der Waals surface area contributed by atoms with Crippen LogP contribution in [-0.2, 0) is 4.79 Å². The van der Waals surface area contributed by atoms with Gasteiger partial charge in [0.25, 0.3) is 0 Å². The number of nitrogens with zero attached hydrogens (tertiary/aromatic N) is 2. The average molecular weight is 373 g/mol. The number of urea groups is 1. The number of hydrogen-bond acceptors (Lipinski definition) is 3. The van der Waals surface area contributed by atoms with Crippen LogP contribution in [-0.4, -0.2) is 61.6 Å². The summed E-state index contributed by atoms with van der Waals surface area (Å²) in [7, 11) is 1.71. The summed E-state index contributed by atoms with van der Waals surface area (Å²) in [5.41, 5.74) is 1.24. The molecule has 3 rings (SSSR count). The van der Waals surface area contributed by atoms with E-state index >= 15 is 0 Å². The summed E-state index contributed by atoms with van der Waals surface area (Å²) in [5, 5.41) is 3.08. The summed E-state index contributed by atoms with van der Waals surface area (Å²) >= 11 is 0. The Labute approximate surface area is 161 Å². The summed E-state index contributed by atoms with van der Waals surface area (Å²) in [6.45, 7) is 5.39. The van der Waals surface area contributed by atoms with Gasteiger partial charge in [0.2, 0.25) is 5.91 Å². The first-order valence-electron chi connectivity index (χ1n) is 9.99. The molecule has 0 unspecified atom stereocenters. The number of methoxy groups -OCH3 is 1. The van der Waals surface area contributed by atoms with Gasteiger partial charge in [-0.2, -0.15) is 0 Å². The quantitative estimate of drug-likeness (QED) is 0.883. The summed E-state index contributed by atoms with van der Waals surface area (Å²) in [4.78, 5) is 27.9. The first-order valence-corrected chi connectivity index (χ1v) is 9.99. The van der Waals surface area contributed by atoms with Crippen LogP contribution in [0.15, 0.2) is 24.3 Å². The van der Waals surface area contributed by atoms with E-state index < -0.39 is 0 Å². The highest BCUT2D eigenvalue weighted by atomic mass is 16.5. The van der Waals surface area contributed by atoms with Crippen LogP contribution >= 0.6 is 0 Å². The molecule has 2 aliphatic heterocycles. The molecule has 1 aromatic rings. The Hall–Kier alpha value is -2.24. The van der Waals surface area contributed by atoms with Gasteiger partial charge in [0.15, 0.2) is 0 Å². The zero-order valence-corrected chi connectivity index (χ0v) is 16.4. The normalized spacial score (nSPS) is 21.0. The molecule has 1 atom stereocenters. The van der Waals surface area contributed by atoms with Crippen LogP contribution in [0.5, 0.6) is 5.75 Å². The van der Waals surface area contributed by atoms with Crippen molar-refractivity contribution in [3.8, 4) is 5.75 Å². The van der Waals surface area contributed by atoms with Gasteiger partial charge in [0.1, 0.15) is 5.75 Å². The number of benzene rings is 1. The lowest BCUT2D eigenvalue weighted by Gasteiger charge is -2.35. The van der Waals surface area contributed by atoms with Crippen molar-refractivity contribution < 1.29 is 14.3 Å². The SMILES string of the molecule is COc1ccccc1C1CCN(C(=O)NC[C@H]2CCCN(C(C)=O)C2)CC1. The van der Waals surface area contributed by atoms with Crippen molar-refractivity contribution >= 4 is 11.9 Å². The highest BCUT2D eigenvalue weighted by Gasteiger charge is 2.27. The molecule has 0 radical (unpaired) electrons. The zero-order valence-electron chi connectivity index (χ0n) is 16.4. The van der Waals surface area contributed by atoms with E-state index in [9.17, 15) is 9.59 Å². The first kappa shape index (κ1) is 19.5. The van der Waals surface area contributed by atoms with E-state index in [1.807, 2.05) is 28.0 Å². The lowest BCUT2D eigenvalue weighted by atomic mass is 9.89. The highest BCUT2D eigenvalue weighted by Crippen LogP contribution is 2.33. The summed E-state index contributed by atoms with van der Waals surface area (Å²) < 4.78 is 5.48. The summed E-state index contributed by atoms with van der Waals surface area (Å²) in [6, 6.07) is 8.19. The van der Waals surface area contributed by atoms with Crippen molar-refractivity contribution in [1.82, 2.24) is 15.1 Å². The van der Waals surface area contributed by atoms with Crippen LogP contribution in [0.3, 0.4) is 0 Å². The van der Waals surface area contributed by atoms with Crippen molar-refractivity contribution in [1.29, 1.82) is 0 Å². The Bertz CT molecular complexity index is 656. The number of para-hydroxylation sites is 1. The minimum atomic E-state index is 0.0217. The van der Waals surface area contributed by atoms with Crippen LogP contribution in [0.2, 0.25) is 0 Å². The number of amides is 3. The van der Waals surface area contributed by atoms with E-state index in [2.05, 4.69) is 11.4 Å². The highest BCUT2D eigenvalue weighted by molar-refractivity contribution is 5.74. The molecule has 1 aromatic carbocycles. The van der Waals surface area contributed by atoms with Gasteiger partial charge >= 0.3 is 6.03 Å². The van der Waals surface area contributed by atoms with Crippen molar-refractivity contribution in [2.45, 2.75) is 38.5 Å². The largest absolute Gasteiger partial charge is 0.496 e. The molecule has 0 aliphatic carbocycles. The van der Waals surface area contributed by atoms with Gasteiger partial charge in [-0.25, -0.2) is 4.79 Å². The number of ether oxygens (including phenoxy) is 1. The minimum absolute atomic E-state index is 0.0217. The van der Waals surface area contributed by atoms with Gasteiger partial charge in [-0.1, -0.05) is 18.2 Å². The van der Waals surface area contributed by atoms with Gasteiger partial charge in [0, 0.05) is 39.6 Å². The fraction of sp³-hybridized carbons (Fsp3) is 0.619. The fourth-order valence-electron chi connectivity index (χ4n) is 4.26. The molecule has 2 aliphatic rings. The molecule has 148 valence electrons. The second-order valence-electron chi connectivity index (χ2n) is 7.66. The van der Waals surface area contributed by atoms with E-state index in [0.717, 1.165) is 57.6 Å². The molecule has 2 heterocycles. The van der Waals surface area contributed by atoms with Gasteiger partial charge in [0.05, 0.1) is 7.11 Å². The lowest BCUT2D eigenvalue weighted by Crippen LogP contribution is -2.48. The van der Waals surface area contributed by atoms with Gasteiger partial charge in [-0.15, -0.1) is 0 Å². The van der Waals surface area contributed by atoms with E-state index in [0.29, 0.717) is 18.4 Å². The standard InChI is InChI=1S/C21H31N3O3/c1-16(25)24-11-5-6-17(15-24)14-22-21(26)23-12-9-18(10-13-23)19-7-3-4-8-20(19)27-2/h3-4,7-8,17-18H,5-6,9-15H2,1-2H3,(H,22,26)/t17-/m1/s1. The number of carbonyl (C=O) groups is 2. The average Bonchev–Trinajstić information content (AvgIpc) is 2.72. The molecule has 0 saturated carbocycles. The van der Waals surface area contributed by atoms with E-state index in [-0.39, 0.29) is 11.9 Å².